The highest BCUT2D eigenvalue weighted by Gasteiger charge is 2.30. The summed E-state index contributed by atoms with van der Waals surface area (Å²) >= 11 is 0. The van der Waals surface area contributed by atoms with Crippen LogP contribution in [-0.2, 0) is 6.18 Å². The van der Waals surface area contributed by atoms with Gasteiger partial charge in [-0.15, -0.1) is 0 Å². The molecule has 1 radical (unpaired) electrons. The van der Waals surface area contributed by atoms with Crippen molar-refractivity contribution in [1.29, 1.82) is 5.26 Å². The number of alkyl halides is 3. The topological polar surface area (TPSA) is 44.0 Å². The molecule has 0 atom stereocenters. The maximum atomic E-state index is 12.2. The van der Waals surface area contributed by atoms with Crippen molar-refractivity contribution in [2.24, 2.45) is 0 Å². The summed E-state index contributed by atoms with van der Waals surface area (Å²) in [7, 11) is 0. The highest BCUT2D eigenvalue weighted by atomic mass is 19.4. The zero-order valence-electron chi connectivity index (χ0n) is 6.84. The van der Waals surface area contributed by atoms with Crippen LogP contribution in [-0.4, -0.2) is 5.11 Å². The minimum atomic E-state index is -4.47. The number of halogens is 3. The summed E-state index contributed by atoms with van der Waals surface area (Å²) in [6.45, 7) is 0.480. The van der Waals surface area contributed by atoms with Crippen LogP contribution in [0.4, 0.5) is 13.2 Å². The van der Waals surface area contributed by atoms with E-state index in [4.69, 9.17) is 10.4 Å². The Morgan fingerprint density at radius 3 is 2.43 bits per heavy atom. The third-order valence-corrected chi connectivity index (χ3v) is 1.64. The minimum Gasteiger partial charge on any atom is -0.385 e. The largest absolute Gasteiger partial charge is 0.416 e. The van der Waals surface area contributed by atoms with Crippen molar-refractivity contribution in [3.63, 3.8) is 0 Å². The molecule has 0 aliphatic carbocycles. The van der Waals surface area contributed by atoms with Crippen molar-refractivity contribution < 1.29 is 18.3 Å². The molecule has 1 aromatic carbocycles. The summed E-state index contributed by atoms with van der Waals surface area (Å²) in [5.41, 5.74) is -1.03. The van der Waals surface area contributed by atoms with Gasteiger partial charge in [-0.25, -0.2) is 0 Å². The Kier molecular flexibility index (Phi) is 2.77. The summed E-state index contributed by atoms with van der Waals surface area (Å²) < 4.78 is 36.5. The van der Waals surface area contributed by atoms with E-state index in [1.807, 2.05) is 0 Å². The Bertz CT molecular complexity index is 379. The molecule has 2 nitrogen and oxygen atoms in total. The van der Waals surface area contributed by atoms with Crippen LogP contribution in [0.2, 0.25) is 0 Å². The lowest BCUT2D eigenvalue weighted by molar-refractivity contribution is -0.137. The molecule has 0 saturated carbocycles. The molecule has 0 aliphatic rings. The van der Waals surface area contributed by atoms with E-state index >= 15 is 0 Å². The second-order valence-corrected chi connectivity index (χ2v) is 2.54. The second kappa shape index (κ2) is 3.68. The van der Waals surface area contributed by atoms with Gasteiger partial charge in [-0.2, -0.15) is 18.4 Å². The molecule has 0 unspecified atom stereocenters. The zero-order valence-corrected chi connectivity index (χ0v) is 6.84. The standard InChI is InChI=1S/C9H5F3NO/c10-9(11,12)8-2-1-6(4-13)7(3-8)5-14/h1-3,5,14H. The molecule has 1 N–H and O–H groups in total. The van der Waals surface area contributed by atoms with Gasteiger partial charge in [0.15, 0.2) is 0 Å². The smallest absolute Gasteiger partial charge is 0.385 e. The number of benzene rings is 1. The van der Waals surface area contributed by atoms with E-state index in [-0.39, 0.29) is 11.1 Å². The maximum absolute atomic E-state index is 12.2. The van der Waals surface area contributed by atoms with E-state index in [2.05, 4.69) is 0 Å². The number of nitrogens with zero attached hydrogens (tertiary/aromatic N) is 1. The lowest BCUT2D eigenvalue weighted by Gasteiger charge is -2.08. The van der Waals surface area contributed by atoms with Crippen molar-refractivity contribution >= 4 is 0 Å². The Morgan fingerprint density at radius 2 is 2.00 bits per heavy atom. The lowest BCUT2D eigenvalue weighted by atomic mass is 10.1. The van der Waals surface area contributed by atoms with Crippen LogP contribution >= 0.6 is 0 Å². The maximum Gasteiger partial charge on any atom is 0.416 e. The van der Waals surface area contributed by atoms with E-state index in [1.54, 1.807) is 6.07 Å². The average molecular weight is 200 g/mol. The molecule has 14 heavy (non-hydrogen) atoms. The molecule has 0 aliphatic heterocycles. The second-order valence-electron chi connectivity index (χ2n) is 2.54. The SMILES string of the molecule is N#Cc1ccc(C(F)(F)F)cc1[CH]O. The molecule has 73 valence electrons. The normalized spacial score (nSPS) is 11.1. The first-order valence-electron chi connectivity index (χ1n) is 3.58. The van der Waals surface area contributed by atoms with E-state index < -0.39 is 11.7 Å². The van der Waals surface area contributed by atoms with Gasteiger partial charge in [0.05, 0.1) is 17.2 Å². The van der Waals surface area contributed by atoms with Crippen molar-refractivity contribution in [3.05, 3.63) is 41.5 Å². The Hall–Kier alpha value is -1.54. The molecular formula is C9H5F3NO. The first kappa shape index (κ1) is 10.5. The first-order valence-corrected chi connectivity index (χ1v) is 3.58. The van der Waals surface area contributed by atoms with Gasteiger partial charge in [-0.1, -0.05) is 0 Å². The van der Waals surface area contributed by atoms with Crippen molar-refractivity contribution in [1.82, 2.24) is 0 Å². The Labute approximate surface area is 78.2 Å². The van der Waals surface area contributed by atoms with E-state index in [0.717, 1.165) is 18.2 Å². The quantitative estimate of drug-likeness (QED) is 0.756. The van der Waals surface area contributed by atoms with Gasteiger partial charge >= 0.3 is 6.18 Å². The van der Waals surface area contributed by atoms with Crippen LogP contribution in [0.5, 0.6) is 0 Å². The predicted octanol–water partition coefficient (Wildman–Crippen LogP) is 2.46. The third kappa shape index (κ3) is 2.03. The molecule has 0 heterocycles. The predicted molar refractivity (Wildman–Crippen MR) is 41.5 cm³/mol. The fourth-order valence-electron chi connectivity index (χ4n) is 0.948. The molecule has 5 heteroatoms. The number of aliphatic hydroxyl groups excluding tert-OH is 1. The van der Waals surface area contributed by atoms with Crippen LogP contribution in [0, 0.1) is 17.9 Å². The van der Waals surface area contributed by atoms with Crippen LogP contribution in [0.15, 0.2) is 18.2 Å². The van der Waals surface area contributed by atoms with Gasteiger partial charge in [0.1, 0.15) is 6.61 Å². The third-order valence-electron chi connectivity index (χ3n) is 1.64. The molecule has 0 bridgehead atoms. The molecule has 1 aromatic rings. The summed E-state index contributed by atoms with van der Waals surface area (Å²) in [5, 5.41) is 17.1. The van der Waals surface area contributed by atoms with E-state index in [9.17, 15) is 13.2 Å². The molecule has 0 fully saturated rings. The van der Waals surface area contributed by atoms with Crippen molar-refractivity contribution in [3.8, 4) is 6.07 Å². The fraction of sp³-hybridized carbons (Fsp3) is 0.111. The number of hydrogen-bond acceptors (Lipinski definition) is 2. The molecule has 0 amide bonds. The number of nitriles is 1. The molecule has 0 saturated heterocycles. The van der Waals surface area contributed by atoms with Crippen molar-refractivity contribution in [2.75, 3.05) is 0 Å². The van der Waals surface area contributed by atoms with Crippen LogP contribution < -0.4 is 0 Å². The van der Waals surface area contributed by atoms with Crippen LogP contribution in [0.1, 0.15) is 16.7 Å². The zero-order chi connectivity index (χ0) is 10.8. The lowest BCUT2D eigenvalue weighted by Crippen LogP contribution is -2.05. The van der Waals surface area contributed by atoms with Crippen LogP contribution in [0.25, 0.3) is 0 Å². The molecule has 1 rings (SSSR count). The Balaban J connectivity index is 3.23. The summed E-state index contributed by atoms with van der Waals surface area (Å²) in [6, 6.07) is 4.20. The highest BCUT2D eigenvalue weighted by Crippen LogP contribution is 2.30. The minimum absolute atomic E-state index is 0.000463. The fourth-order valence-corrected chi connectivity index (χ4v) is 0.948. The van der Waals surface area contributed by atoms with Gasteiger partial charge in [0.25, 0.3) is 0 Å². The Morgan fingerprint density at radius 1 is 1.36 bits per heavy atom. The first-order chi connectivity index (χ1) is 6.49. The average Bonchev–Trinajstić information content (AvgIpc) is 2.15. The van der Waals surface area contributed by atoms with Gasteiger partial charge < -0.3 is 5.11 Å². The van der Waals surface area contributed by atoms with Gasteiger partial charge in [0.2, 0.25) is 0 Å². The van der Waals surface area contributed by atoms with Gasteiger partial charge in [-0.05, 0) is 18.2 Å². The molecule has 0 spiro atoms. The molecular weight excluding hydrogens is 195 g/mol. The number of rotatable bonds is 1. The van der Waals surface area contributed by atoms with Crippen LogP contribution in [0.3, 0.4) is 0 Å². The van der Waals surface area contributed by atoms with Crippen molar-refractivity contribution in [2.45, 2.75) is 6.18 Å². The summed E-state index contributed by atoms with van der Waals surface area (Å²) in [6.07, 6.45) is -4.47. The summed E-state index contributed by atoms with van der Waals surface area (Å²) in [4.78, 5) is 0. The molecule has 0 aromatic heterocycles. The monoisotopic (exact) mass is 200 g/mol. The number of aliphatic hydroxyl groups is 1. The van der Waals surface area contributed by atoms with Gasteiger partial charge in [0, 0.05) is 5.56 Å². The van der Waals surface area contributed by atoms with E-state index in [0.29, 0.717) is 6.61 Å². The number of hydrogen-bond donors (Lipinski definition) is 1. The van der Waals surface area contributed by atoms with Gasteiger partial charge in [-0.3, -0.25) is 0 Å². The summed E-state index contributed by atoms with van der Waals surface area (Å²) in [5.74, 6) is 0. The van der Waals surface area contributed by atoms with E-state index in [1.165, 1.54) is 0 Å². The highest BCUT2D eigenvalue weighted by molar-refractivity contribution is 5.43.